The fourth-order valence-corrected chi connectivity index (χ4v) is 3.38. The van der Waals surface area contributed by atoms with Crippen molar-refractivity contribution in [2.45, 2.75) is 44.7 Å². The SMILES string of the molecule is CCC(CC)(C(Cc1cccc(F)c1Cl)NC)N(C)C. The summed E-state index contributed by atoms with van der Waals surface area (Å²) in [5.41, 5.74) is 0.892. The third-order valence-corrected chi connectivity index (χ3v) is 4.99. The van der Waals surface area contributed by atoms with E-state index < -0.39 is 0 Å². The van der Waals surface area contributed by atoms with Crippen LogP contribution in [0.5, 0.6) is 0 Å². The molecule has 0 spiro atoms. The van der Waals surface area contributed by atoms with Crippen molar-refractivity contribution >= 4 is 11.6 Å². The molecule has 20 heavy (non-hydrogen) atoms. The molecule has 0 aromatic heterocycles. The molecule has 0 heterocycles. The van der Waals surface area contributed by atoms with Crippen LogP contribution in [0, 0.1) is 5.82 Å². The average Bonchev–Trinajstić information content (AvgIpc) is 2.43. The second-order valence-corrected chi connectivity index (χ2v) is 5.84. The molecule has 1 unspecified atom stereocenters. The molecule has 1 atom stereocenters. The van der Waals surface area contributed by atoms with Crippen LogP contribution < -0.4 is 5.32 Å². The fraction of sp³-hybridized carbons (Fsp3) is 0.625. The van der Waals surface area contributed by atoms with Gasteiger partial charge in [0, 0.05) is 11.6 Å². The largest absolute Gasteiger partial charge is 0.315 e. The third kappa shape index (κ3) is 3.33. The molecular formula is C16H26ClFN2. The van der Waals surface area contributed by atoms with Gasteiger partial charge in [-0.15, -0.1) is 0 Å². The number of nitrogens with zero attached hydrogens (tertiary/aromatic N) is 1. The highest BCUT2D eigenvalue weighted by molar-refractivity contribution is 6.31. The van der Waals surface area contributed by atoms with Crippen molar-refractivity contribution in [2.75, 3.05) is 21.1 Å². The molecule has 0 aliphatic carbocycles. The van der Waals surface area contributed by atoms with Gasteiger partial charge < -0.3 is 10.2 Å². The van der Waals surface area contributed by atoms with Crippen molar-refractivity contribution in [2.24, 2.45) is 0 Å². The Morgan fingerprint density at radius 3 is 2.35 bits per heavy atom. The summed E-state index contributed by atoms with van der Waals surface area (Å²) in [6.07, 6.45) is 2.76. The van der Waals surface area contributed by atoms with Gasteiger partial charge in [-0.1, -0.05) is 37.6 Å². The number of rotatable bonds is 7. The normalized spacial score (nSPS) is 13.8. The average molecular weight is 301 g/mol. The number of nitrogens with one attached hydrogen (secondary N) is 1. The maximum atomic E-state index is 13.6. The number of hydrogen-bond acceptors (Lipinski definition) is 2. The quantitative estimate of drug-likeness (QED) is 0.825. The summed E-state index contributed by atoms with van der Waals surface area (Å²) in [7, 11) is 6.16. The van der Waals surface area contributed by atoms with Crippen LogP contribution in [0.2, 0.25) is 5.02 Å². The van der Waals surface area contributed by atoms with Gasteiger partial charge in [0.05, 0.1) is 5.02 Å². The molecular weight excluding hydrogens is 275 g/mol. The smallest absolute Gasteiger partial charge is 0.142 e. The maximum Gasteiger partial charge on any atom is 0.142 e. The van der Waals surface area contributed by atoms with Crippen LogP contribution in [0.25, 0.3) is 0 Å². The Hall–Kier alpha value is -0.640. The Bertz CT molecular complexity index is 430. The Morgan fingerprint density at radius 2 is 1.90 bits per heavy atom. The van der Waals surface area contributed by atoms with Crippen LogP contribution in [0.1, 0.15) is 32.3 Å². The van der Waals surface area contributed by atoms with Crippen LogP contribution in [0.4, 0.5) is 4.39 Å². The lowest BCUT2D eigenvalue weighted by Gasteiger charge is -2.45. The second kappa shape index (κ2) is 7.39. The maximum absolute atomic E-state index is 13.6. The first-order chi connectivity index (χ1) is 9.42. The molecule has 1 aromatic carbocycles. The van der Waals surface area contributed by atoms with Gasteiger partial charge in [0.2, 0.25) is 0 Å². The summed E-state index contributed by atoms with van der Waals surface area (Å²) in [6.45, 7) is 4.39. The van der Waals surface area contributed by atoms with Gasteiger partial charge >= 0.3 is 0 Å². The van der Waals surface area contributed by atoms with Crippen LogP contribution >= 0.6 is 11.6 Å². The van der Waals surface area contributed by atoms with E-state index in [4.69, 9.17) is 11.6 Å². The molecule has 114 valence electrons. The Morgan fingerprint density at radius 1 is 1.30 bits per heavy atom. The summed E-state index contributed by atoms with van der Waals surface area (Å²) in [5.74, 6) is -0.345. The van der Waals surface area contributed by atoms with E-state index in [1.165, 1.54) is 6.07 Å². The Kier molecular flexibility index (Phi) is 6.44. The first kappa shape index (κ1) is 17.4. The fourth-order valence-electron chi connectivity index (χ4n) is 3.17. The predicted octanol–water partition coefficient (Wildman–Crippen LogP) is 3.73. The molecule has 0 fully saturated rings. The van der Waals surface area contributed by atoms with Crippen LogP contribution in [-0.2, 0) is 6.42 Å². The van der Waals surface area contributed by atoms with E-state index in [1.54, 1.807) is 6.07 Å². The molecule has 0 aliphatic rings. The Labute approximate surface area is 127 Å². The first-order valence-electron chi connectivity index (χ1n) is 7.20. The molecule has 2 nitrogen and oxygen atoms in total. The number of halogens is 2. The van der Waals surface area contributed by atoms with E-state index in [0.29, 0.717) is 6.42 Å². The van der Waals surface area contributed by atoms with E-state index in [1.807, 2.05) is 13.1 Å². The molecule has 1 aromatic rings. The number of likely N-dealkylation sites (N-methyl/N-ethyl adjacent to an activating group) is 2. The van der Waals surface area contributed by atoms with Gasteiger partial charge in [0.1, 0.15) is 5.82 Å². The lowest BCUT2D eigenvalue weighted by Crippen LogP contribution is -2.58. The number of hydrogen-bond donors (Lipinski definition) is 1. The minimum Gasteiger partial charge on any atom is -0.315 e. The van der Waals surface area contributed by atoms with Crippen LogP contribution in [0.15, 0.2) is 18.2 Å². The zero-order valence-corrected chi connectivity index (χ0v) is 13.9. The standard InChI is InChI=1S/C16H26ClFN2/c1-6-16(7-2,20(4)5)14(19-3)11-12-9-8-10-13(18)15(12)17/h8-10,14,19H,6-7,11H2,1-5H3. The van der Waals surface area contributed by atoms with Gasteiger partial charge in [-0.05, 0) is 52.0 Å². The van der Waals surface area contributed by atoms with Crippen molar-refractivity contribution in [1.82, 2.24) is 10.2 Å². The zero-order chi connectivity index (χ0) is 15.3. The van der Waals surface area contributed by atoms with Crippen LogP contribution in [0.3, 0.4) is 0 Å². The Balaban J connectivity index is 3.10. The van der Waals surface area contributed by atoms with Crippen LogP contribution in [-0.4, -0.2) is 37.6 Å². The summed E-state index contributed by atoms with van der Waals surface area (Å²) in [6, 6.07) is 5.24. The van der Waals surface area contributed by atoms with Gasteiger partial charge in [-0.2, -0.15) is 0 Å². The molecule has 0 saturated carbocycles. The van der Waals surface area contributed by atoms with E-state index in [-0.39, 0.29) is 22.4 Å². The topological polar surface area (TPSA) is 15.3 Å². The monoisotopic (exact) mass is 300 g/mol. The van der Waals surface area contributed by atoms with E-state index in [2.05, 4.69) is 38.2 Å². The van der Waals surface area contributed by atoms with E-state index in [9.17, 15) is 4.39 Å². The molecule has 1 N–H and O–H groups in total. The minimum absolute atomic E-state index is 0.0321. The lowest BCUT2D eigenvalue weighted by atomic mass is 9.80. The molecule has 4 heteroatoms. The first-order valence-corrected chi connectivity index (χ1v) is 7.58. The minimum atomic E-state index is -0.345. The second-order valence-electron chi connectivity index (χ2n) is 5.46. The van der Waals surface area contributed by atoms with Gasteiger partial charge in [-0.25, -0.2) is 4.39 Å². The highest BCUT2D eigenvalue weighted by Gasteiger charge is 2.37. The van der Waals surface area contributed by atoms with E-state index in [0.717, 1.165) is 18.4 Å². The lowest BCUT2D eigenvalue weighted by molar-refractivity contribution is 0.0917. The van der Waals surface area contributed by atoms with Gasteiger partial charge in [0.15, 0.2) is 0 Å². The predicted molar refractivity (Wildman–Crippen MR) is 85.0 cm³/mol. The van der Waals surface area contributed by atoms with Crippen molar-refractivity contribution < 1.29 is 4.39 Å². The molecule has 1 rings (SSSR count). The highest BCUT2D eigenvalue weighted by Crippen LogP contribution is 2.30. The summed E-state index contributed by atoms with van der Waals surface area (Å²) in [4.78, 5) is 2.27. The zero-order valence-electron chi connectivity index (χ0n) is 13.1. The summed E-state index contributed by atoms with van der Waals surface area (Å²) in [5, 5.41) is 3.64. The summed E-state index contributed by atoms with van der Waals surface area (Å²) < 4.78 is 13.6. The molecule has 0 aliphatic heterocycles. The molecule has 0 saturated heterocycles. The van der Waals surface area contributed by atoms with E-state index >= 15 is 0 Å². The molecule has 0 bridgehead atoms. The molecule has 0 radical (unpaired) electrons. The highest BCUT2D eigenvalue weighted by atomic mass is 35.5. The number of benzene rings is 1. The van der Waals surface area contributed by atoms with Crippen molar-refractivity contribution in [3.05, 3.63) is 34.6 Å². The van der Waals surface area contributed by atoms with Crippen molar-refractivity contribution in [3.8, 4) is 0 Å². The van der Waals surface area contributed by atoms with Gasteiger partial charge in [-0.3, -0.25) is 0 Å². The summed E-state index contributed by atoms with van der Waals surface area (Å²) >= 11 is 6.09. The van der Waals surface area contributed by atoms with Crippen molar-refractivity contribution in [1.29, 1.82) is 0 Å². The van der Waals surface area contributed by atoms with Crippen molar-refractivity contribution in [3.63, 3.8) is 0 Å². The molecule has 0 amide bonds. The third-order valence-electron chi connectivity index (χ3n) is 4.57. The van der Waals surface area contributed by atoms with Gasteiger partial charge in [0.25, 0.3) is 0 Å².